The summed E-state index contributed by atoms with van der Waals surface area (Å²) in [7, 11) is 0. The molecule has 1 aromatic heterocycles. The lowest BCUT2D eigenvalue weighted by Gasteiger charge is -2.03. The van der Waals surface area contributed by atoms with Crippen LogP contribution in [0.3, 0.4) is 0 Å². The van der Waals surface area contributed by atoms with Gasteiger partial charge in [-0.2, -0.15) is 0 Å². The monoisotopic (exact) mass is 371 g/mol. The number of carbonyl (C=O) groups excluding carboxylic acids is 1. The first-order valence-electron chi connectivity index (χ1n) is 6.96. The van der Waals surface area contributed by atoms with Crippen molar-refractivity contribution in [2.24, 2.45) is 0 Å². The third-order valence-electron chi connectivity index (χ3n) is 3.27. The third kappa shape index (κ3) is 3.60. The van der Waals surface area contributed by atoms with E-state index in [1.807, 2.05) is 36.4 Å². The highest BCUT2D eigenvalue weighted by molar-refractivity contribution is 9.10. The van der Waals surface area contributed by atoms with Crippen molar-refractivity contribution in [3.05, 3.63) is 70.5 Å². The summed E-state index contributed by atoms with van der Waals surface area (Å²) in [5.41, 5.74) is 8.31. The van der Waals surface area contributed by atoms with E-state index in [0.29, 0.717) is 23.7 Å². The fourth-order valence-electron chi connectivity index (χ4n) is 2.11. The number of nitrogen functional groups attached to an aromatic ring is 1. The summed E-state index contributed by atoms with van der Waals surface area (Å²) >= 11 is 3.40. The molecule has 0 fully saturated rings. The van der Waals surface area contributed by atoms with E-state index in [-0.39, 0.29) is 11.6 Å². The number of para-hydroxylation sites is 1. The van der Waals surface area contributed by atoms with Gasteiger partial charge in [0.1, 0.15) is 6.26 Å². The highest BCUT2D eigenvalue weighted by atomic mass is 79.9. The molecule has 2 aromatic carbocycles. The first kappa shape index (κ1) is 15.3. The molecule has 1 heterocycles. The Morgan fingerprint density at radius 3 is 2.83 bits per heavy atom. The zero-order valence-electron chi connectivity index (χ0n) is 12.1. The number of carbonyl (C=O) groups is 1. The van der Waals surface area contributed by atoms with Crippen LogP contribution in [0.25, 0.3) is 11.5 Å². The van der Waals surface area contributed by atoms with Gasteiger partial charge in [0.2, 0.25) is 5.89 Å². The van der Waals surface area contributed by atoms with E-state index in [9.17, 15) is 4.79 Å². The van der Waals surface area contributed by atoms with E-state index < -0.39 is 0 Å². The molecule has 0 saturated carbocycles. The Labute approximate surface area is 141 Å². The van der Waals surface area contributed by atoms with Gasteiger partial charge in [0.15, 0.2) is 5.69 Å². The molecule has 0 unspecified atom stereocenters. The van der Waals surface area contributed by atoms with Crippen LogP contribution < -0.4 is 11.1 Å². The second kappa shape index (κ2) is 6.66. The second-order valence-electron chi connectivity index (χ2n) is 4.94. The topological polar surface area (TPSA) is 81.1 Å². The Hall–Kier alpha value is -2.60. The van der Waals surface area contributed by atoms with Gasteiger partial charge in [-0.05, 0) is 29.8 Å². The van der Waals surface area contributed by atoms with Gasteiger partial charge in [0.05, 0.1) is 5.56 Å². The molecule has 0 atom stereocenters. The summed E-state index contributed by atoms with van der Waals surface area (Å²) in [6, 6.07) is 14.9. The predicted molar refractivity (Wildman–Crippen MR) is 91.7 cm³/mol. The van der Waals surface area contributed by atoms with Crippen molar-refractivity contribution >= 4 is 27.5 Å². The normalized spacial score (nSPS) is 10.5. The largest absolute Gasteiger partial charge is 0.444 e. The minimum atomic E-state index is -0.297. The van der Waals surface area contributed by atoms with Gasteiger partial charge >= 0.3 is 0 Å². The van der Waals surface area contributed by atoms with Crippen molar-refractivity contribution in [2.75, 3.05) is 5.73 Å². The van der Waals surface area contributed by atoms with E-state index in [1.165, 1.54) is 6.26 Å². The van der Waals surface area contributed by atoms with Crippen molar-refractivity contribution in [1.29, 1.82) is 0 Å². The van der Waals surface area contributed by atoms with Crippen LogP contribution >= 0.6 is 15.9 Å². The average molecular weight is 372 g/mol. The van der Waals surface area contributed by atoms with Crippen LogP contribution in [0.15, 0.2) is 63.7 Å². The lowest BCUT2D eigenvalue weighted by Crippen LogP contribution is -2.23. The van der Waals surface area contributed by atoms with Crippen molar-refractivity contribution in [1.82, 2.24) is 10.3 Å². The minimum Gasteiger partial charge on any atom is -0.444 e. The molecule has 0 aliphatic rings. The number of benzene rings is 2. The molecule has 3 aromatic rings. The summed E-state index contributed by atoms with van der Waals surface area (Å²) in [6.45, 7) is 0.411. The highest BCUT2D eigenvalue weighted by Crippen LogP contribution is 2.24. The molecule has 23 heavy (non-hydrogen) atoms. The van der Waals surface area contributed by atoms with E-state index in [1.54, 1.807) is 12.1 Å². The predicted octanol–water partition coefficient (Wildman–Crippen LogP) is 3.62. The first-order chi connectivity index (χ1) is 11.1. The van der Waals surface area contributed by atoms with Crippen LogP contribution in [0.5, 0.6) is 0 Å². The molecule has 1 amide bonds. The Bertz CT molecular complexity index is 845. The van der Waals surface area contributed by atoms with Crippen molar-refractivity contribution in [3.8, 4) is 11.5 Å². The van der Waals surface area contributed by atoms with E-state index >= 15 is 0 Å². The fraction of sp³-hybridized carbons (Fsp3) is 0.0588. The molecule has 0 spiro atoms. The van der Waals surface area contributed by atoms with Crippen LogP contribution in [-0.2, 0) is 6.54 Å². The van der Waals surface area contributed by atoms with Crippen LogP contribution in [0, 0.1) is 0 Å². The SMILES string of the molecule is Nc1ccccc1-c1nc(C(=O)NCc2cccc(Br)c2)co1. The maximum Gasteiger partial charge on any atom is 0.273 e. The van der Waals surface area contributed by atoms with E-state index in [2.05, 4.69) is 26.2 Å². The van der Waals surface area contributed by atoms with Gasteiger partial charge < -0.3 is 15.5 Å². The van der Waals surface area contributed by atoms with Crippen LogP contribution in [0.4, 0.5) is 5.69 Å². The number of anilines is 1. The maximum atomic E-state index is 12.2. The zero-order valence-corrected chi connectivity index (χ0v) is 13.7. The highest BCUT2D eigenvalue weighted by Gasteiger charge is 2.14. The Balaban J connectivity index is 1.70. The summed E-state index contributed by atoms with van der Waals surface area (Å²) in [5.74, 6) is 0.0326. The average Bonchev–Trinajstić information content (AvgIpc) is 3.03. The first-order valence-corrected chi connectivity index (χ1v) is 7.76. The number of rotatable bonds is 4. The zero-order chi connectivity index (χ0) is 16.2. The minimum absolute atomic E-state index is 0.221. The molecule has 3 N–H and O–H groups in total. The number of hydrogen-bond acceptors (Lipinski definition) is 4. The van der Waals surface area contributed by atoms with Gasteiger partial charge in [0.25, 0.3) is 5.91 Å². The Morgan fingerprint density at radius 2 is 2.04 bits per heavy atom. The number of amides is 1. The molecular formula is C17H14BrN3O2. The molecular weight excluding hydrogens is 358 g/mol. The Kier molecular flexibility index (Phi) is 4.43. The lowest BCUT2D eigenvalue weighted by atomic mass is 10.2. The molecule has 0 saturated heterocycles. The standard InChI is InChI=1S/C17H14BrN3O2/c18-12-5-3-4-11(8-12)9-20-16(22)15-10-23-17(21-15)13-6-1-2-7-14(13)19/h1-8,10H,9,19H2,(H,20,22). The fourth-order valence-corrected chi connectivity index (χ4v) is 2.56. The molecule has 0 bridgehead atoms. The quantitative estimate of drug-likeness (QED) is 0.686. The van der Waals surface area contributed by atoms with Gasteiger partial charge in [-0.25, -0.2) is 4.98 Å². The van der Waals surface area contributed by atoms with Crippen molar-refractivity contribution < 1.29 is 9.21 Å². The smallest absolute Gasteiger partial charge is 0.273 e. The number of nitrogens with zero attached hydrogens (tertiary/aromatic N) is 1. The van der Waals surface area contributed by atoms with E-state index in [0.717, 1.165) is 10.0 Å². The van der Waals surface area contributed by atoms with Crippen LogP contribution in [0.2, 0.25) is 0 Å². The lowest BCUT2D eigenvalue weighted by molar-refractivity contribution is 0.0946. The molecule has 3 rings (SSSR count). The van der Waals surface area contributed by atoms with Gasteiger partial charge in [0, 0.05) is 16.7 Å². The van der Waals surface area contributed by atoms with Gasteiger partial charge in [-0.1, -0.05) is 40.2 Å². The van der Waals surface area contributed by atoms with Crippen LogP contribution in [0.1, 0.15) is 16.1 Å². The number of aromatic nitrogens is 1. The number of hydrogen-bond donors (Lipinski definition) is 2. The number of oxazole rings is 1. The Morgan fingerprint density at radius 1 is 1.22 bits per heavy atom. The number of nitrogens with two attached hydrogens (primary N) is 1. The summed E-state index contributed by atoms with van der Waals surface area (Å²) < 4.78 is 6.33. The molecule has 6 heteroatoms. The summed E-state index contributed by atoms with van der Waals surface area (Å²) in [5, 5.41) is 2.81. The molecule has 0 radical (unpaired) electrons. The third-order valence-corrected chi connectivity index (χ3v) is 3.76. The van der Waals surface area contributed by atoms with Crippen molar-refractivity contribution in [3.63, 3.8) is 0 Å². The van der Waals surface area contributed by atoms with Gasteiger partial charge in [-0.15, -0.1) is 0 Å². The molecule has 0 aliphatic heterocycles. The van der Waals surface area contributed by atoms with Crippen LogP contribution in [-0.4, -0.2) is 10.9 Å². The maximum absolute atomic E-state index is 12.2. The van der Waals surface area contributed by atoms with Crippen molar-refractivity contribution in [2.45, 2.75) is 6.54 Å². The number of halogens is 1. The molecule has 0 aliphatic carbocycles. The second-order valence-corrected chi connectivity index (χ2v) is 5.85. The van der Waals surface area contributed by atoms with E-state index in [4.69, 9.17) is 10.2 Å². The molecule has 5 nitrogen and oxygen atoms in total. The molecule has 116 valence electrons. The summed E-state index contributed by atoms with van der Waals surface area (Å²) in [4.78, 5) is 16.4. The van der Waals surface area contributed by atoms with Gasteiger partial charge in [-0.3, -0.25) is 4.79 Å². The number of nitrogens with one attached hydrogen (secondary N) is 1. The summed E-state index contributed by atoms with van der Waals surface area (Å²) in [6.07, 6.45) is 1.33.